The van der Waals surface area contributed by atoms with Gasteiger partial charge in [-0.25, -0.2) is 8.78 Å². The van der Waals surface area contributed by atoms with Crippen molar-refractivity contribution in [3.63, 3.8) is 0 Å². The molecule has 1 nitrogen and oxygen atoms in total. The van der Waals surface area contributed by atoms with E-state index < -0.39 is 0 Å². The van der Waals surface area contributed by atoms with E-state index in [1.165, 1.54) is 37.5 Å². The Hall–Kier alpha value is -0.960. The fourth-order valence-electron chi connectivity index (χ4n) is 3.21. The van der Waals surface area contributed by atoms with Crippen molar-refractivity contribution in [3.05, 3.63) is 35.4 Å². The number of hydrogen-bond donors (Lipinski definition) is 1. The average Bonchev–Trinajstić information content (AvgIpc) is 2.66. The van der Waals surface area contributed by atoms with Crippen LogP contribution >= 0.6 is 0 Å². The van der Waals surface area contributed by atoms with Crippen molar-refractivity contribution in [3.8, 4) is 0 Å². The zero-order chi connectivity index (χ0) is 14.4. The second kappa shape index (κ2) is 7.72. The fourth-order valence-corrected chi connectivity index (χ4v) is 3.21. The van der Waals surface area contributed by atoms with Crippen LogP contribution in [0.5, 0.6) is 0 Å². The van der Waals surface area contributed by atoms with Gasteiger partial charge >= 0.3 is 0 Å². The van der Waals surface area contributed by atoms with Crippen LogP contribution in [0.15, 0.2) is 18.2 Å². The van der Waals surface area contributed by atoms with Crippen molar-refractivity contribution < 1.29 is 8.78 Å². The van der Waals surface area contributed by atoms with Crippen LogP contribution in [0.1, 0.15) is 51.0 Å². The van der Waals surface area contributed by atoms with Gasteiger partial charge in [-0.3, -0.25) is 0 Å². The van der Waals surface area contributed by atoms with Crippen LogP contribution in [0, 0.1) is 17.6 Å². The van der Waals surface area contributed by atoms with E-state index in [2.05, 4.69) is 12.2 Å². The first-order chi connectivity index (χ1) is 9.70. The minimum Gasteiger partial charge on any atom is -0.314 e. The summed E-state index contributed by atoms with van der Waals surface area (Å²) in [5, 5.41) is 3.60. The molecule has 0 heterocycles. The predicted molar refractivity (Wildman–Crippen MR) is 78.7 cm³/mol. The van der Waals surface area contributed by atoms with Crippen LogP contribution in [0.2, 0.25) is 0 Å². The molecule has 0 amide bonds. The molecule has 20 heavy (non-hydrogen) atoms. The molecule has 1 saturated carbocycles. The lowest BCUT2D eigenvalue weighted by molar-refractivity contribution is 0.329. The Morgan fingerprint density at radius 3 is 2.75 bits per heavy atom. The second-order valence-corrected chi connectivity index (χ2v) is 5.90. The van der Waals surface area contributed by atoms with E-state index in [0.29, 0.717) is 23.9 Å². The highest BCUT2D eigenvalue weighted by atomic mass is 19.1. The third kappa shape index (κ3) is 4.27. The first-order valence-electron chi connectivity index (χ1n) is 7.88. The van der Waals surface area contributed by atoms with Crippen LogP contribution in [-0.2, 0) is 6.42 Å². The molecule has 0 radical (unpaired) electrons. The van der Waals surface area contributed by atoms with E-state index in [9.17, 15) is 8.78 Å². The van der Waals surface area contributed by atoms with E-state index in [0.717, 1.165) is 25.8 Å². The molecule has 2 unspecified atom stereocenters. The molecule has 3 heteroatoms. The average molecular weight is 281 g/mol. The lowest BCUT2D eigenvalue weighted by atomic mass is 9.88. The van der Waals surface area contributed by atoms with Gasteiger partial charge in [-0.2, -0.15) is 0 Å². The lowest BCUT2D eigenvalue weighted by Gasteiger charge is -2.26. The molecule has 1 aromatic carbocycles. The van der Waals surface area contributed by atoms with Gasteiger partial charge in [-0.15, -0.1) is 0 Å². The Kier molecular flexibility index (Phi) is 5.96. The quantitative estimate of drug-likeness (QED) is 0.786. The summed E-state index contributed by atoms with van der Waals surface area (Å²) in [6.07, 6.45) is 7.71. The summed E-state index contributed by atoms with van der Waals surface area (Å²) in [7, 11) is 0. The number of nitrogens with one attached hydrogen (secondary N) is 1. The van der Waals surface area contributed by atoms with Crippen molar-refractivity contribution in [2.75, 3.05) is 6.54 Å². The van der Waals surface area contributed by atoms with Gasteiger partial charge in [0.1, 0.15) is 11.6 Å². The fraction of sp³-hybridized carbons (Fsp3) is 0.647. The molecule has 1 aromatic rings. The molecule has 0 spiro atoms. The second-order valence-electron chi connectivity index (χ2n) is 5.90. The van der Waals surface area contributed by atoms with Crippen LogP contribution < -0.4 is 5.32 Å². The van der Waals surface area contributed by atoms with E-state index in [1.807, 2.05) is 0 Å². The van der Waals surface area contributed by atoms with Crippen LogP contribution in [-0.4, -0.2) is 12.6 Å². The first kappa shape index (κ1) is 15.4. The summed E-state index contributed by atoms with van der Waals surface area (Å²) in [5.74, 6) is -0.196. The number of halogens is 2. The van der Waals surface area contributed by atoms with Gasteiger partial charge in [-0.1, -0.05) is 26.2 Å². The van der Waals surface area contributed by atoms with Crippen molar-refractivity contribution in [2.24, 2.45) is 5.92 Å². The summed E-state index contributed by atoms with van der Waals surface area (Å²) in [6, 6.07) is 4.24. The lowest BCUT2D eigenvalue weighted by Crippen LogP contribution is -2.37. The molecule has 0 saturated heterocycles. The van der Waals surface area contributed by atoms with Gasteiger partial charge < -0.3 is 5.32 Å². The van der Waals surface area contributed by atoms with Gasteiger partial charge in [-0.05, 0) is 61.9 Å². The van der Waals surface area contributed by atoms with E-state index in [1.54, 1.807) is 0 Å². The molecule has 1 aliphatic rings. The van der Waals surface area contributed by atoms with Crippen LogP contribution in [0.3, 0.4) is 0 Å². The molecule has 0 aliphatic heterocycles. The Labute approximate surface area is 120 Å². The van der Waals surface area contributed by atoms with E-state index >= 15 is 0 Å². The van der Waals surface area contributed by atoms with E-state index in [4.69, 9.17) is 0 Å². The SMILES string of the molecule is CCCNC1CCCCCC1Cc1cc(F)ccc1F. The molecule has 1 aliphatic carbocycles. The van der Waals surface area contributed by atoms with Crippen molar-refractivity contribution >= 4 is 0 Å². The number of benzene rings is 1. The summed E-state index contributed by atoms with van der Waals surface area (Å²) >= 11 is 0. The van der Waals surface area contributed by atoms with Crippen LogP contribution in [0.4, 0.5) is 8.78 Å². The Morgan fingerprint density at radius 1 is 1.15 bits per heavy atom. The Morgan fingerprint density at radius 2 is 1.95 bits per heavy atom. The Bertz CT molecular complexity index is 419. The highest BCUT2D eigenvalue weighted by Crippen LogP contribution is 2.27. The van der Waals surface area contributed by atoms with Crippen molar-refractivity contribution in [1.29, 1.82) is 0 Å². The number of hydrogen-bond acceptors (Lipinski definition) is 1. The molecule has 0 bridgehead atoms. The zero-order valence-corrected chi connectivity index (χ0v) is 12.3. The first-order valence-corrected chi connectivity index (χ1v) is 7.88. The smallest absolute Gasteiger partial charge is 0.126 e. The van der Waals surface area contributed by atoms with Gasteiger partial charge in [0.2, 0.25) is 0 Å². The predicted octanol–water partition coefficient (Wildman–Crippen LogP) is 4.46. The van der Waals surface area contributed by atoms with Crippen molar-refractivity contribution in [2.45, 2.75) is 57.9 Å². The standard InChI is InChI=1S/C17H25F2N/c1-2-10-20-17-7-5-3-4-6-13(17)11-14-12-15(18)8-9-16(14)19/h8-9,12-13,17,20H,2-7,10-11H2,1H3. The topological polar surface area (TPSA) is 12.0 Å². The minimum atomic E-state index is -0.340. The summed E-state index contributed by atoms with van der Waals surface area (Å²) in [6.45, 7) is 3.16. The molecule has 2 atom stereocenters. The third-order valence-electron chi connectivity index (χ3n) is 4.31. The highest BCUT2D eigenvalue weighted by molar-refractivity contribution is 5.19. The molecular formula is C17H25F2N. The zero-order valence-electron chi connectivity index (χ0n) is 12.3. The molecule has 112 valence electrons. The van der Waals surface area contributed by atoms with Crippen molar-refractivity contribution in [1.82, 2.24) is 5.32 Å². The van der Waals surface area contributed by atoms with Gasteiger partial charge in [0.05, 0.1) is 0 Å². The monoisotopic (exact) mass is 281 g/mol. The highest BCUT2D eigenvalue weighted by Gasteiger charge is 2.24. The molecule has 2 rings (SSSR count). The molecular weight excluding hydrogens is 256 g/mol. The Balaban J connectivity index is 2.08. The minimum absolute atomic E-state index is 0.273. The van der Waals surface area contributed by atoms with E-state index in [-0.39, 0.29) is 11.6 Å². The maximum Gasteiger partial charge on any atom is 0.126 e. The summed E-state index contributed by atoms with van der Waals surface area (Å²) in [5.41, 5.74) is 0.528. The summed E-state index contributed by atoms with van der Waals surface area (Å²) < 4.78 is 27.1. The molecule has 1 fully saturated rings. The third-order valence-corrected chi connectivity index (χ3v) is 4.31. The maximum absolute atomic E-state index is 13.8. The van der Waals surface area contributed by atoms with Gasteiger partial charge in [0.25, 0.3) is 0 Å². The number of rotatable bonds is 5. The largest absolute Gasteiger partial charge is 0.314 e. The molecule has 0 aromatic heterocycles. The summed E-state index contributed by atoms with van der Waals surface area (Å²) in [4.78, 5) is 0. The maximum atomic E-state index is 13.8. The van der Waals surface area contributed by atoms with Crippen LogP contribution in [0.25, 0.3) is 0 Å². The normalized spacial score (nSPS) is 23.6. The van der Waals surface area contributed by atoms with Gasteiger partial charge in [0, 0.05) is 6.04 Å². The molecule has 1 N–H and O–H groups in total. The van der Waals surface area contributed by atoms with Gasteiger partial charge in [0.15, 0.2) is 0 Å².